The van der Waals surface area contributed by atoms with Gasteiger partial charge >= 0.3 is 41.5 Å². The van der Waals surface area contributed by atoms with Crippen LogP contribution in [0.4, 0.5) is 8.78 Å². The van der Waals surface area contributed by atoms with E-state index in [1.807, 2.05) is 56.6 Å². The van der Waals surface area contributed by atoms with E-state index in [1.54, 1.807) is 66.4 Å². The Labute approximate surface area is 746 Å². The summed E-state index contributed by atoms with van der Waals surface area (Å²) in [6.07, 6.45) is 14.2. The Morgan fingerprint density at radius 2 is 1.02 bits per heavy atom. The maximum atomic E-state index is 15.5. The van der Waals surface area contributed by atoms with Crippen molar-refractivity contribution >= 4 is 67.6 Å². The van der Waals surface area contributed by atoms with Gasteiger partial charge in [-0.25, -0.2) is 28.1 Å². The first kappa shape index (κ1) is 105. The van der Waals surface area contributed by atoms with Crippen LogP contribution >= 0.6 is 23.2 Å². The molecule has 2 aliphatic heterocycles. The van der Waals surface area contributed by atoms with Gasteiger partial charge in [0.15, 0.2) is 0 Å². The average Bonchev–Trinajstić information content (AvgIpc) is 0.757. The van der Waals surface area contributed by atoms with E-state index in [-0.39, 0.29) is 105 Å². The minimum atomic E-state index is -1.08. The summed E-state index contributed by atoms with van der Waals surface area (Å²) in [5.41, 5.74) is 5.73. The van der Waals surface area contributed by atoms with Crippen molar-refractivity contribution in [2.45, 2.75) is 246 Å². The van der Waals surface area contributed by atoms with Crippen LogP contribution in [0.25, 0.3) is 0 Å². The molecular formula is C91H137BCl2F2N8NaO15. The molecule has 663 valence electrons. The third kappa shape index (κ3) is 29.5. The van der Waals surface area contributed by atoms with Crippen molar-refractivity contribution in [3.8, 4) is 0 Å². The predicted octanol–water partition coefficient (Wildman–Crippen LogP) is 8.76. The third-order valence-corrected chi connectivity index (χ3v) is 26.7. The zero-order valence-corrected chi connectivity index (χ0v) is 77.4. The summed E-state index contributed by atoms with van der Waals surface area (Å²) < 4.78 is 29.6. The summed E-state index contributed by atoms with van der Waals surface area (Å²) in [5, 5.41) is 63.9. The van der Waals surface area contributed by atoms with Crippen molar-refractivity contribution in [3.05, 3.63) is 142 Å². The average molecular weight is 1730 g/mol. The van der Waals surface area contributed by atoms with E-state index in [4.69, 9.17) is 42.8 Å². The number of rotatable bonds is 27. The van der Waals surface area contributed by atoms with Gasteiger partial charge in [0, 0.05) is 119 Å². The Hall–Kier alpha value is -5.08. The SMILES string of the molecule is CC(=O)OOC(C)=O.CC(=O)[O-].CN(C)CNC(c1ccccc1F)C1CCCCC1.C[C@@H]1[C@@H](NC(=O)[C@@H]2[C@H]([C@H](C)O)[C@H](CO)ON2Cc2cccc(C=O)c2)C[C@H]2C[C@@H]1C2(C)C.C[C@@H]1[C@@H](NC(=O)[C@@H]2[C@H]([C@H](C)O)[C@H](CO)ON2Cc2cccc(CN(CCN(C)C)C(c3ccccc3F)C3CCCCC3)c2)C[C@H]2C[C@@H]1C2(C)C.ClCCCl.[B].[Na+]. The van der Waals surface area contributed by atoms with E-state index in [2.05, 4.69) is 108 Å². The zero-order chi connectivity index (χ0) is 86.9. The monoisotopic (exact) mass is 1720 g/mol. The second-order valence-corrected chi connectivity index (χ2v) is 36.4. The molecule has 10 fully saturated rings. The Bertz CT molecular complexity index is 3770. The van der Waals surface area contributed by atoms with Gasteiger partial charge in [-0.1, -0.05) is 159 Å². The summed E-state index contributed by atoms with van der Waals surface area (Å²) in [5.74, 6) is 1.22. The molecule has 2 amide bonds. The van der Waals surface area contributed by atoms with Gasteiger partial charge in [-0.3, -0.25) is 39.2 Å². The van der Waals surface area contributed by atoms with Crippen LogP contribution < -0.4 is 50.6 Å². The van der Waals surface area contributed by atoms with Crippen LogP contribution in [0.2, 0.25) is 0 Å². The van der Waals surface area contributed by atoms with Gasteiger partial charge in [0.25, 0.3) is 0 Å². The number of carboxylic acids is 1. The van der Waals surface area contributed by atoms with Crippen LogP contribution in [0.3, 0.4) is 0 Å². The first-order valence-corrected chi connectivity index (χ1v) is 43.7. The van der Waals surface area contributed by atoms with Crippen molar-refractivity contribution in [1.82, 2.24) is 40.8 Å². The molecule has 2 unspecified atom stereocenters. The fourth-order valence-electron chi connectivity index (χ4n) is 19.8. The van der Waals surface area contributed by atoms with E-state index < -0.39 is 66.2 Å². The van der Waals surface area contributed by atoms with Crippen molar-refractivity contribution in [2.24, 2.45) is 70.0 Å². The van der Waals surface area contributed by atoms with Gasteiger partial charge in [0.2, 0.25) is 11.8 Å². The number of carbonyl (C=O) groups is 6. The minimum Gasteiger partial charge on any atom is -0.550 e. The Kier molecular flexibility index (Phi) is 44.7. The number of alkyl halides is 2. The number of hydrogen-bond donors (Lipinski definition) is 7. The minimum absolute atomic E-state index is 0. The molecule has 0 spiro atoms. The Balaban J connectivity index is 0.000000314. The van der Waals surface area contributed by atoms with Crippen LogP contribution in [0.5, 0.6) is 0 Å². The number of benzene rings is 4. The molecule has 23 nitrogen and oxygen atoms in total. The number of fused-ring (bicyclic) bond motifs is 4. The van der Waals surface area contributed by atoms with Gasteiger partial charge in [-0.05, 0) is 193 Å². The molecule has 10 aliphatic rings. The molecule has 4 aromatic carbocycles. The van der Waals surface area contributed by atoms with Crippen molar-refractivity contribution in [1.29, 1.82) is 0 Å². The van der Waals surface area contributed by atoms with Gasteiger partial charge in [-0.15, -0.1) is 23.2 Å². The fraction of sp³-hybridized carbons (Fsp3) is 0.670. The molecule has 4 bridgehead atoms. The largest absolute Gasteiger partial charge is 1.00 e. The predicted molar refractivity (Wildman–Crippen MR) is 457 cm³/mol. The maximum absolute atomic E-state index is 15.5. The third-order valence-electron chi connectivity index (χ3n) is 26.2. The number of aliphatic hydroxyl groups is 4. The number of carbonyl (C=O) groups excluding carboxylic acids is 6. The van der Waals surface area contributed by atoms with E-state index in [0.717, 1.165) is 100 Å². The molecular weight excluding hydrogens is 1590 g/mol. The molecule has 18 atom stereocenters. The second kappa shape index (κ2) is 50.9. The number of halogens is 4. The molecule has 120 heavy (non-hydrogen) atoms. The number of likely N-dealkylation sites (N-methyl/N-ethyl adjacent to an activating group) is 1. The standard InChI is InChI=1S/C42H63FN4O4.C25H36N2O5.C16H25FN2.C4H6O4.C2H4Cl2.C2H4O2.B.Na/c1-27-34-22-32(42(34,3)4)23-36(27)44-41(50)40-38(28(2)49)37(26-48)51-47(40)25-30-14-12-13-29(21-30)24-46(20-19-45(5)6)39(31-15-8-7-9-16-31)33-17-10-11-18-35(33)43;1-14-19-9-18(25(19,3)4)10-20(14)26-24(31)23-22(15(2)30)21(13-29)32-27(23)11-16-6-5-7-17(8-16)12-28;1-19(2)12-18-16(13-8-4-3-5-9-13)14-10-6-7-11-15(14)17;1-3(5)7-8-4(2)6;3-1-2-4;1-2(3)4;;/h10-14,17-18,21,27-28,31-32,34,36-40,48-49H,7-9,15-16,19-20,22-26H2,1-6H3,(H,44,50);5-8,12,14-15,18-23,29-30H,9-11,13H2,1-4H3,(H,26,31);6-7,10-11,13,16,18H,3-5,8-9,12H2,1-2H3;1-2H3;1-2H2;1H3,(H,3,4);;/q;;;;;;;+1/p-1/t27-,28-,32+,34-,36-,37-,38+,39?,40-;14-,15-,18+,19-,20-,21-,22+,23-;;;;;;/m00....../s1. The van der Waals surface area contributed by atoms with Crippen molar-refractivity contribution in [2.75, 3.05) is 72.9 Å². The zero-order valence-electron chi connectivity index (χ0n) is 73.9. The van der Waals surface area contributed by atoms with Crippen LogP contribution in [0.1, 0.15) is 216 Å². The number of hydrogen-bond acceptors (Lipinski definition) is 21. The van der Waals surface area contributed by atoms with E-state index in [0.29, 0.717) is 88.6 Å². The van der Waals surface area contributed by atoms with Crippen molar-refractivity contribution < 1.29 is 112 Å². The quantitative estimate of drug-likeness (QED) is 0.00733. The molecule has 14 rings (SSSR count). The van der Waals surface area contributed by atoms with Crippen LogP contribution in [-0.2, 0) is 63.1 Å². The molecule has 29 heteroatoms. The number of carboxylic acid groups (broad SMARTS) is 1. The van der Waals surface area contributed by atoms with Gasteiger partial charge < -0.3 is 45.9 Å². The normalized spacial score (nSPS) is 26.8. The van der Waals surface area contributed by atoms with E-state index in [1.165, 1.54) is 64.2 Å². The molecule has 8 saturated carbocycles. The number of amides is 2. The van der Waals surface area contributed by atoms with Crippen molar-refractivity contribution in [3.63, 3.8) is 0 Å². The Morgan fingerprint density at radius 1 is 0.608 bits per heavy atom. The molecule has 2 heterocycles. The van der Waals surface area contributed by atoms with E-state index in [9.17, 15) is 48.8 Å². The van der Waals surface area contributed by atoms with Gasteiger partial charge in [-0.2, -0.15) is 10.1 Å². The molecule has 3 radical (unpaired) electrons. The smallest absolute Gasteiger partial charge is 0.550 e. The van der Waals surface area contributed by atoms with Crippen LogP contribution in [-0.4, -0.2) is 211 Å². The molecule has 7 N–H and O–H groups in total. The Morgan fingerprint density at radius 3 is 1.41 bits per heavy atom. The number of aliphatic carboxylic acids is 1. The van der Waals surface area contributed by atoms with Gasteiger partial charge in [0.05, 0.1) is 38.5 Å². The molecule has 2 saturated heterocycles. The molecule has 8 aliphatic carbocycles. The summed E-state index contributed by atoms with van der Waals surface area (Å²) in [6, 6.07) is 28.9. The van der Waals surface area contributed by atoms with Crippen LogP contribution in [0, 0.1) is 81.6 Å². The van der Waals surface area contributed by atoms with Gasteiger partial charge in [0.1, 0.15) is 42.2 Å². The fourth-order valence-corrected chi connectivity index (χ4v) is 19.8. The first-order chi connectivity index (χ1) is 56.0. The molecule has 4 aromatic rings. The summed E-state index contributed by atoms with van der Waals surface area (Å²) in [4.78, 5) is 94.1. The van der Waals surface area contributed by atoms with E-state index >= 15 is 4.39 Å². The molecule has 0 aromatic heterocycles. The number of aliphatic hydroxyl groups excluding tert-OH is 4. The van der Waals surface area contributed by atoms with Crippen LogP contribution in [0.15, 0.2) is 97.1 Å². The topological polar surface area (TPSA) is 296 Å². The number of nitrogens with zero attached hydrogens (tertiary/aromatic N) is 5. The number of nitrogens with one attached hydrogen (secondary N) is 3. The number of aldehydes is 1. The first-order valence-electron chi connectivity index (χ1n) is 42.6. The second-order valence-electron chi connectivity index (χ2n) is 35.6. The summed E-state index contributed by atoms with van der Waals surface area (Å²) >= 11 is 10.1. The maximum Gasteiger partial charge on any atom is 1.00 e. The summed E-state index contributed by atoms with van der Waals surface area (Å²) in [7, 11) is 8.23. The summed E-state index contributed by atoms with van der Waals surface area (Å²) in [6.45, 7) is 23.6. The number of hydroxylamine groups is 4.